The second-order valence-corrected chi connectivity index (χ2v) is 4.65. The fraction of sp³-hybridized carbons (Fsp3) is 0.0667. The lowest BCUT2D eigenvalue weighted by Crippen LogP contribution is -2.12. The van der Waals surface area contributed by atoms with E-state index in [0.717, 1.165) is 33.3 Å². The maximum absolute atomic E-state index is 11.6. The first-order chi connectivity index (χ1) is 9.33. The highest BCUT2D eigenvalue weighted by atomic mass is 16.1. The highest BCUT2D eigenvalue weighted by Gasteiger charge is 2.19. The number of nitrogens with zero attached hydrogens (tertiary/aromatic N) is 1. The van der Waals surface area contributed by atoms with Crippen molar-refractivity contribution in [1.82, 2.24) is 15.3 Å². The van der Waals surface area contributed by atoms with Gasteiger partial charge >= 0.3 is 0 Å². The fourth-order valence-electron chi connectivity index (χ4n) is 2.61. The summed E-state index contributed by atoms with van der Waals surface area (Å²) in [6.07, 6.45) is 3.68. The second kappa shape index (κ2) is 3.68. The maximum Gasteiger partial charge on any atom is 0.251 e. The van der Waals surface area contributed by atoms with Crippen LogP contribution in [0.2, 0.25) is 0 Å². The molecule has 0 fully saturated rings. The Kier molecular flexibility index (Phi) is 2.00. The Morgan fingerprint density at radius 1 is 1.11 bits per heavy atom. The van der Waals surface area contributed by atoms with Crippen LogP contribution in [0.1, 0.15) is 15.9 Å². The van der Waals surface area contributed by atoms with Crippen LogP contribution in [0.15, 0.2) is 42.7 Å². The summed E-state index contributed by atoms with van der Waals surface area (Å²) in [6, 6.07) is 9.99. The van der Waals surface area contributed by atoms with Gasteiger partial charge in [0.1, 0.15) is 5.65 Å². The van der Waals surface area contributed by atoms with Crippen molar-refractivity contribution >= 4 is 16.9 Å². The smallest absolute Gasteiger partial charge is 0.251 e. The van der Waals surface area contributed by atoms with Crippen LogP contribution >= 0.6 is 0 Å². The molecule has 0 atom stereocenters. The number of rotatable bonds is 1. The van der Waals surface area contributed by atoms with Crippen LogP contribution in [0.4, 0.5) is 0 Å². The number of aromatic amines is 1. The van der Waals surface area contributed by atoms with Crippen molar-refractivity contribution in [2.75, 3.05) is 0 Å². The molecule has 1 aliphatic rings. The summed E-state index contributed by atoms with van der Waals surface area (Å²) >= 11 is 0. The molecule has 1 amide bonds. The van der Waals surface area contributed by atoms with Gasteiger partial charge in [0.05, 0.1) is 0 Å². The molecule has 1 aliphatic heterocycles. The Bertz CT molecular complexity index is 804. The number of fused-ring (bicyclic) bond motifs is 2. The number of carbonyl (C=O) groups is 1. The molecule has 0 radical (unpaired) electrons. The Labute approximate surface area is 109 Å². The molecule has 0 bridgehead atoms. The van der Waals surface area contributed by atoms with E-state index in [2.05, 4.69) is 21.4 Å². The van der Waals surface area contributed by atoms with Crippen LogP contribution in [-0.2, 0) is 6.54 Å². The van der Waals surface area contributed by atoms with Gasteiger partial charge < -0.3 is 10.3 Å². The van der Waals surface area contributed by atoms with Crippen LogP contribution < -0.4 is 5.32 Å². The van der Waals surface area contributed by atoms with Crippen LogP contribution in [0, 0.1) is 0 Å². The first-order valence-corrected chi connectivity index (χ1v) is 6.16. The van der Waals surface area contributed by atoms with Crippen molar-refractivity contribution in [2.24, 2.45) is 0 Å². The quantitative estimate of drug-likeness (QED) is 0.696. The zero-order chi connectivity index (χ0) is 12.8. The molecule has 0 saturated heterocycles. The lowest BCUT2D eigenvalue weighted by atomic mass is 9.99. The van der Waals surface area contributed by atoms with Gasteiger partial charge in [-0.05, 0) is 41.0 Å². The summed E-state index contributed by atoms with van der Waals surface area (Å²) in [7, 11) is 0. The van der Waals surface area contributed by atoms with Crippen molar-refractivity contribution in [2.45, 2.75) is 6.54 Å². The Hall–Kier alpha value is -2.62. The van der Waals surface area contributed by atoms with E-state index < -0.39 is 0 Å². The van der Waals surface area contributed by atoms with Gasteiger partial charge in [-0.25, -0.2) is 4.98 Å². The van der Waals surface area contributed by atoms with E-state index in [-0.39, 0.29) is 5.91 Å². The van der Waals surface area contributed by atoms with Crippen LogP contribution in [0.5, 0.6) is 0 Å². The summed E-state index contributed by atoms with van der Waals surface area (Å²) in [4.78, 5) is 19.0. The molecule has 0 unspecified atom stereocenters. The van der Waals surface area contributed by atoms with Crippen molar-refractivity contribution in [3.8, 4) is 11.1 Å². The van der Waals surface area contributed by atoms with Gasteiger partial charge in [-0.15, -0.1) is 0 Å². The van der Waals surface area contributed by atoms with Crippen LogP contribution in [0.3, 0.4) is 0 Å². The van der Waals surface area contributed by atoms with Gasteiger partial charge in [0.15, 0.2) is 0 Å². The van der Waals surface area contributed by atoms with Crippen LogP contribution in [0.25, 0.3) is 22.2 Å². The maximum atomic E-state index is 11.6. The minimum Gasteiger partial charge on any atom is -0.348 e. The number of H-pyrrole nitrogens is 1. The van der Waals surface area contributed by atoms with E-state index in [9.17, 15) is 4.79 Å². The van der Waals surface area contributed by atoms with E-state index in [4.69, 9.17) is 0 Å². The lowest BCUT2D eigenvalue weighted by molar-refractivity contribution is 0.0966. The van der Waals surface area contributed by atoms with Gasteiger partial charge in [0.2, 0.25) is 0 Å². The van der Waals surface area contributed by atoms with E-state index in [0.29, 0.717) is 6.54 Å². The molecule has 3 heterocycles. The van der Waals surface area contributed by atoms with E-state index in [1.165, 1.54) is 0 Å². The Morgan fingerprint density at radius 3 is 3.00 bits per heavy atom. The van der Waals surface area contributed by atoms with Gasteiger partial charge in [0.25, 0.3) is 5.91 Å². The molecule has 0 saturated carbocycles. The molecular formula is C15H11N3O. The average Bonchev–Trinajstić information content (AvgIpc) is 3.05. The molecular weight excluding hydrogens is 238 g/mol. The van der Waals surface area contributed by atoms with Gasteiger partial charge in [-0.3, -0.25) is 4.79 Å². The summed E-state index contributed by atoms with van der Waals surface area (Å²) in [5, 5.41) is 3.94. The third-order valence-electron chi connectivity index (χ3n) is 3.56. The Balaban J connectivity index is 1.93. The monoisotopic (exact) mass is 249 g/mol. The molecule has 4 heteroatoms. The summed E-state index contributed by atoms with van der Waals surface area (Å²) in [5.41, 5.74) is 4.97. The molecule has 19 heavy (non-hydrogen) atoms. The number of nitrogens with one attached hydrogen (secondary N) is 2. The Morgan fingerprint density at radius 2 is 2.05 bits per heavy atom. The van der Waals surface area contributed by atoms with Crippen molar-refractivity contribution in [1.29, 1.82) is 0 Å². The number of hydrogen-bond donors (Lipinski definition) is 2. The summed E-state index contributed by atoms with van der Waals surface area (Å²) in [6.45, 7) is 0.614. The molecule has 1 aromatic carbocycles. The minimum absolute atomic E-state index is 0.0167. The molecule has 2 aromatic heterocycles. The average molecular weight is 249 g/mol. The molecule has 4 rings (SSSR count). The first-order valence-electron chi connectivity index (χ1n) is 6.16. The van der Waals surface area contributed by atoms with Gasteiger partial charge in [-0.2, -0.15) is 0 Å². The van der Waals surface area contributed by atoms with Crippen molar-refractivity contribution in [3.05, 3.63) is 53.9 Å². The third-order valence-corrected chi connectivity index (χ3v) is 3.56. The van der Waals surface area contributed by atoms with Crippen LogP contribution in [-0.4, -0.2) is 15.9 Å². The summed E-state index contributed by atoms with van der Waals surface area (Å²) in [5.74, 6) is 0.0167. The normalized spacial score (nSPS) is 13.6. The van der Waals surface area contributed by atoms with Crippen molar-refractivity contribution in [3.63, 3.8) is 0 Å². The highest BCUT2D eigenvalue weighted by molar-refractivity contribution is 6.00. The largest absolute Gasteiger partial charge is 0.348 e. The van der Waals surface area contributed by atoms with E-state index in [1.54, 1.807) is 6.20 Å². The number of carbonyl (C=O) groups excluding carboxylic acids is 1. The fourth-order valence-corrected chi connectivity index (χ4v) is 2.61. The van der Waals surface area contributed by atoms with E-state index in [1.807, 2.05) is 30.5 Å². The number of aromatic nitrogens is 2. The number of benzene rings is 1. The van der Waals surface area contributed by atoms with E-state index >= 15 is 0 Å². The standard InChI is InChI=1S/C15H11N3O/c19-15-12-2-1-9(7-10(12)8-18-15)11-3-5-16-14-13(11)4-6-17-14/h1-7H,8H2,(H,16,17)(H,18,19). The number of pyridine rings is 1. The van der Waals surface area contributed by atoms with Gasteiger partial charge in [0, 0.05) is 29.9 Å². The highest BCUT2D eigenvalue weighted by Crippen LogP contribution is 2.29. The molecule has 2 N–H and O–H groups in total. The lowest BCUT2D eigenvalue weighted by Gasteiger charge is -2.05. The van der Waals surface area contributed by atoms with Crippen molar-refractivity contribution < 1.29 is 4.79 Å². The zero-order valence-corrected chi connectivity index (χ0v) is 10.1. The zero-order valence-electron chi connectivity index (χ0n) is 10.1. The molecule has 92 valence electrons. The first kappa shape index (κ1) is 10.3. The number of amides is 1. The second-order valence-electron chi connectivity index (χ2n) is 4.65. The van der Waals surface area contributed by atoms with Gasteiger partial charge in [-0.1, -0.05) is 6.07 Å². The molecule has 4 nitrogen and oxygen atoms in total. The third kappa shape index (κ3) is 1.46. The number of hydrogen-bond acceptors (Lipinski definition) is 2. The topological polar surface area (TPSA) is 57.8 Å². The molecule has 0 aliphatic carbocycles. The molecule has 0 spiro atoms. The predicted octanol–water partition coefficient (Wildman–Crippen LogP) is 2.47. The summed E-state index contributed by atoms with van der Waals surface area (Å²) < 4.78 is 0. The molecule has 3 aromatic rings. The predicted molar refractivity (Wildman–Crippen MR) is 72.7 cm³/mol. The SMILES string of the molecule is O=C1NCc2cc(-c3ccnc4[nH]ccc34)ccc21. The minimum atomic E-state index is 0.0167.